The van der Waals surface area contributed by atoms with E-state index >= 15 is 0 Å². The third kappa shape index (κ3) is 2.66. The van der Waals surface area contributed by atoms with Crippen LogP contribution in [0.4, 0.5) is 5.13 Å². The van der Waals surface area contributed by atoms with Gasteiger partial charge in [-0.2, -0.15) is 0 Å². The van der Waals surface area contributed by atoms with Gasteiger partial charge in [-0.25, -0.2) is 9.78 Å². The summed E-state index contributed by atoms with van der Waals surface area (Å²) in [4.78, 5) is 18.0. The van der Waals surface area contributed by atoms with Crippen LogP contribution in [0.1, 0.15) is 48.0 Å². The van der Waals surface area contributed by atoms with E-state index in [4.69, 9.17) is 5.11 Å². The largest absolute Gasteiger partial charge is 0.477 e. The predicted molar refractivity (Wildman–Crippen MR) is 73.6 cm³/mol. The normalized spacial score (nSPS) is 23.9. The van der Waals surface area contributed by atoms with Crippen molar-refractivity contribution in [2.75, 3.05) is 11.9 Å². The van der Waals surface area contributed by atoms with Crippen LogP contribution >= 0.6 is 11.3 Å². The molecule has 0 amide bonds. The van der Waals surface area contributed by atoms with Crippen molar-refractivity contribution in [3.05, 3.63) is 10.6 Å². The minimum Gasteiger partial charge on any atom is -0.477 e. The number of rotatable bonds is 3. The number of aromatic nitrogens is 1. The lowest BCUT2D eigenvalue weighted by atomic mass is 9.86. The van der Waals surface area contributed by atoms with Crippen molar-refractivity contribution in [2.24, 2.45) is 5.92 Å². The first kappa shape index (κ1) is 13.3. The molecular weight excluding hydrogens is 248 g/mol. The minimum atomic E-state index is -0.873. The summed E-state index contributed by atoms with van der Waals surface area (Å²) in [5, 5.41) is 9.90. The van der Waals surface area contributed by atoms with Crippen LogP contribution in [0.2, 0.25) is 0 Å². The summed E-state index contributed by atoms with van der Waals surface area (Å²) in [6.07, 6.45) is 4.92. The van der Waals surface area contributed by atoms with Crippen LogP contribution in [0.5, 0.6) is 0 Å². The van der Waals surface area contributed by atoms with Crippen molar-refractivity contribution < 1.29 is 9.90 Å². The SMILES string of the molecule is Cc1nc(N(C)C2CCCC(C)C2)sc1C(=O)O. The summed E-state index contributed by atoms with van der Waals surface area (Å²) in [5.41, 5.74) is 0.623. The monoisotopic (exact) mass is 268 g/mol. The first-order valence-corrected chi connectivity index (χ1v) is 7.24. The smallest absolute Gasteiger partial charge is 0.347 e. The number of aromatic carboxylic acids is 1. The van der Waals surface area contributed by atoms with Gasteiger partial charge in [-0.15, -0.1) is 0 Å². The summed E-state index contributed by atoms with van der Waals surface area (Å²) in [7, 11) is 2.03. The van der Waals surface area contributed by atoms with Crippen molar-refractivity contribution in [3.63, 3.8) is 0 Å². The lowest BCUT2D eigenvalue weighted by Gasteiger charge is -2.33. The Balaban J connectivity index is 2.15. The molecule has 0 radical (unpaired) electrons. The molecule has 4 nitrogen and oxygen atoms in total. The topological polar surface area (TPSA) is 53.4 Å². The summed E-state index contributed by atoms with van der Waals surface area (Å²) < 4.78 is 0. The van der Waals surface area contributed by atoms with Gasteiger partial charge in [0.05, 0.1) is 5.69 Å². The van der Waals surface area contributed by atoms with Gasteiger partial charge in [0.2, 0.25) is 0 Å². The zero-order valence-electron chi connectivity index (χ0n) is 11.1. The fourth-order valence-corrected chi connectivity index (χ4v) is 3.58. The van der Waals surface area contributed by atoms with E-state index in [1.165, 1.54) is 37.0 Å². The number of nitrogens with zero attached hydrogens (tertiary/aromatic N) is 2. The van der Waals surface area contributed by atoms with Gasteiger partial charge in [0, 0.05) is 13.1 Å². The third-order valence-corrected chi connectivity index (χ3v) is 4.97. The molecule has 0 aromatic carbocycles. The molecule has 0 aliphatic heterocycles. The molecule has 1 aromatic rings. The van der Waals surface area contributed by atoms with Crippen LogP contribution in [-0.4, -0.2) is 29.1 Å². The van der Waals surface area contributed by atoms with E-state index in [1.54, 1.807) is 6.92 Å². The third-order valence-electron chi connectivity index (χ3n) is 3.74. The number of hydrogen-bond acceptors (Lipinski definition) is 4. The predicted octanol–water partition coefficient (Wildman–Crippen LogP) is 3.16. The maximum Gasteiger partial charge on any atom is 0.347 e. The van der Waals surface area contributed by atoms with Crippen molar-refractivity contribution in [1.82, 2.24) is 4.98 Å². The van der Waals surface area contributed by atoms with E-state index in [0.717, 1.165) is 11.0 Å². The van der Waals surface area contributed by atoms with Gasteiger partial charge < -0.3 is 10.0 Å². The maximum atomic E-state index is 11.0. The van der Waals surface area contributed by atoms with E-state index in [9.17, 15) is 4.79 Å². The molecule has 2 unspecified atom stereocenters. The van der Waals surface area contributed by atoms with E-state index in [-0.39, 0.29) is 0 Å². The average Bonchev–Trinajstić information content (AvgIpc) is 2.70. The van der Waals surface area contributed by atoms with E-state index in [1.807, 2.05) is 7.05 Å². The van der Waals surface area contributed by atoms with Gasteiger partial charge >= 0.3 is 5.97 Å². The van der Waals surface area contributed by atoms with Gasteiger partial charge in [-0.3, -0.25) is 0 Å². The highest BCUT2D eigenvalue weighted by molar-refractivity contribution is 7.17. The van der Waals surface area contributed by atoms with Crippen LogP contribution in [0.15, 0.2) is 0 Å². The number of carbonyl (C=O) groups is 1. The fraction of sp³-hybridized carbons (Fsp3) is 0.692. The Hall–Kier alpha value is -1.10. The van der Waals surface area contributed by atoms with Gasteiger partial charge in [0.25, 0.3) is 0 Å². The Kier molecular flexibility index (Phi) is 3.90. The Morgan fingerprint density at radius 2 is 2.22 bits per heavy atom. The van der Waals surface area contributed by atoms with E-state index in [2.05, 4.69) is 16.8 Å². The van der Waals surface area contributed by atoms with Gasteiger partial charge in [-0.05, 0) is 25.7 Å². The van der Waals surface area contributed by atoms with Crippen LogP contribution in [-0.2, 0) is 0 Å². The molecule has 0 saturated heterocycles. The summed E-state index contributed by atoms with van der Waals surface area (Å²) in [6, 6.07) is 0.501. The molecule has 0 bridgehead atoms. The highest BCUT2D eigenvalue weighted by atomic mass is 32.1. The quantitative estimate of drug-likeness (QED) is 0.915. The zero-order valence-corrected chi connectivity index (χ0v) is 12.0. The maximum absolute atomic E-state index is 11.0. The minimum absolute atomic E-state index is 0.362. The Morgan fingerprint density at radius 3 is 2.78 bits per heavy atom. The lowest BCUT2D eigenvalue weighted by Crippen LogP contribution is -2.35. The Bertz CT molecular complexity index is 444. The van der Waals surface area contributed by atoms with Crippen molar-refractivity contribution in [1.29, 1.82) is 0 Å². The van der Waals surface area contributed by atoms with Gasteiger partial charge in [-0.1, -0.05) is 31.1 Å². The standard InChI is InChI=1S/C13H20N2O2S/c1-8-5-4-6-10(7-8)15(3)13-14-9(2)11(18-13)12(16)17/h8,10H,4-7H2,1-3H3,(H,16,17). The highest BCUT2D eigenvalue weighted by Crippen LogP contribution is 2.32. The van der Waals surface area contributed by atoms with Gasteiger partial charge in [0.1, 0.15) is 4.88 Å². The van der Waals surface area contributed by atoms with Gasteiger partial charge in [0.15, 0.2) is 5.13 Å². The molecular formula is C13H20N2O2S. The molecule has 1 saturated carbocycles. The molecule has 1 N–H and O–H groups in total. The van der Waals surface area contributed by atoms with Crippen molar-refractivity contribution in [2.45, 2.75) is 45.6 Å². The van der Waals surface area contributed by atoms with Crippen LogP contribution in [0, 0.1) is 12.8 Å². The number of carboxylic acid groups (broad SMARTS) is 1. The molecule has 2 rings (SSSR count). The number of aryl methyl sites for hydroxylation is 1. The molecule has 100 valence electrons. The molecule has 1 heterocycles. The lowest BCUT2D eigenvalue weighted by molar-refractivity contribution is 0.0701. The van der Waals surface area contributed by atoms with Crippen LogP contribution in [0.3, 0.4) is 0 Å². The first-order valence-electron chi connectivity index (χ1n) is 6.42. The second-order valence-electron chi connectivity index (χ2n) is 5.25. The highest BCUT2D eigenvalue weighted by Gasteiger charge is 2.25. The molecule has 2 atom stereocenters. The van der Waals surface area contributed by atoms with E-state index in [0.29, 0.717) is 16.6 Å². The number of hydrogen-bond donors (Lipinski definition) is 1. The average molecular weight is 268 g/mol. The summed E-state index contributed by atoms with van der Waals surface area (Å²) in [5.74, 6) is -0.118. The van der Waals surface area contributed by atoms with E-state index < -0.39 is 5.97 Å². The molecule has 1 aliphatic rings. The zero-order chi connectivity index (χ0) is 13.3. The number of carboxylic acids is 1. The number of anilines is 1. The summed E-state index contributed by atoms with van der Waals surface area (Å²) in [6.45, 7) is 4.05. The Morgan fingerprint density at radius 1 is 1.50 bits per heavy atom. The molecule has 1 aromatic heterocycles. The Labute approximate surface area is 112 Å². The molecule has 5 heteroatoms. The first-order chi connectivity index (χ1) is 8.49. The molecule has 1 aliphatic carbocycles. The van der Waals surface area contributed by atoms with Crippen molar-refractivity contribution >= 4 is 22.4 Å². The van der Waals surface area contributed by atoms with Crippen LogP contribution in [0.25, 0.3) is 0 Å². The molecule has 0 spiro atoms. The molecule has 18 heavy (non-hydrogen) atoms. The molecule has 1 fully saturated rings. The number of thiazole rings is 1. The second-order valence-corrected chi connectivity index (χ2v) is 6.23. The fourth-order valence-electron chi connectivity index (χ4n) is 2.64. The van der Waals surface area contributed by atoms with Crippen LogP contribution < -0.4 is 4.90 Å². The summed E-state index contributed by atoms with van der Waals surface area (Å²) >= 11 is 1.29. The van der Waals surface area contributed by atoms with Crippen molar-refractivity contribution in [3.8, 4) is 0 Å². The second kappa shape index (κ2) is 5.26.